The second-order valence-corrected chi connectivity index (χ2v) is 14.6. The molecule has 34 heavy (non-hydrogen) atoms. The van der Waals surface area contributed by atoms with Gasteiger partial charge in [-0.2, -0.15) is 0 Å². The molecule has 5 rings (SSSR count). The Kier molecular flexibility index (Phi) is 5.36. The van der Waals surface area contributed by atoms with Gasteiger partial charge in [0, 0.05) is 11.8 Å². The lowest BCUT2D eigenvalue weighted by atomic mass is 9.32. The molecule has 11 atom stereocenters. The topological polar surface area (TPSA) is 77.8 Å². The van der Waals surface area contributed by atoms with Crippen LogP contribution in [0, 0.1) is 56.7 Å². The van der Waals surface area contributed by atoms with Crippen LogP contribution in [0.3, 0.4) is 0 Å². The summed E-state index contributed by atoms with van der Waals surface area (Å²) in [6, 6.07) is 0. The summed E-state index contributed by atoms with van der Waals surface area (Å²) in [6.07, 6.45) is 8.34. The molecule has 0 aromatic carbocycles. The molecule has 0 aliphatic heterocycles. The lowest BCUT2D eigenvalue weighted by molar-refractivity contribution is -0.247. The van der Waals surface area contributed by atoms with E-state index in [1.165, 1.54) is 18.4 Å². The first kappa shape index (κ1) is 24.8. The number of aliphatic hydroxyl groups excluding tert-OH is 2. The van der Waals surface area contributed by atoms with Crippen molar-refractivity contribution in [1.29, 1.82) is 0 Å². The van der Waals surface area contributed by atoms with Gasteiger partial charge in [-0.1, -0.05) is 60.1 Å². The number of carboxylic acids is 1. The van der Waals surface area contributed by atoms with Crippen LogP contribution in [-0.2, 0) is 4.79 Å². The second-order valence-electron chi connectivity index (χ2n) is 14.6. The van der Waals surface area contributed by atoms with E-state index >= 15 is 0 Å². The predicted molar refractivity (Wildman–Crippen MR) is 134 cm³/mol. The highest BCUT2D eigenvalue weighted by atomic mass is 16.4. The fraction of sp³-hybridized carbons (Fsp3) is 0.900. The van der Waals surface area contributed by atoms with Gasteiger partial charge in [-0.15, -0.1) is 0 Å². The highest BCUT2D eigenvalue weighted by Gasteiger charge is 2.73. The van der Waals surface area contributed by atoms with Crippen molar-refractivity contribution in [3.05, 3.63) is 11.6 Å². The highest BCUT2D eigenvalue weighted by molar-refractivity contribution is 5.81. The summed E-state index contributed by atoms with van der Waals surface area (Å²) in [4.78, 5) is 13.5. The maximum Gasteiger partial charge on any atom is 0.314 e. The molecule has 3 N–H and O–H groups in total. The van der Waals surface area contributed by atoms with Crippen molar-refractivity contribution in [2.24, 2.45) is 56.7 Å². The molecule has 1 unspecified atom stereocenters. The molecule has 0 amide bonds. The zero-order valence-electron chi connectivity index (χ0n) is 22.5. The molecule has 4 heteroatoms. The molecule has 5 aliphatic carbocycles. The molecule has 192 valence electrons. The number of carbonyl (C=O) groups is 1. The number of hydrogen-bond acceptors (Lipinski definition) is 3. The third-order valence-electron chi connectivity index (χ3n) is 13.3. The molecule has 0 heterocycles. The standard InChI is InChI=1S/C30H48O4/c1-17-10-12-27(5)14-15-30(25(33)34)19(24(27)18(17)2)8-9-21-28(30,6)13-11-20-26(3,4)22(31)16-23(32)29(20,21)7/h8,17-18,20-24,31-32H,9-16H2,1-7H3,(H,33,34)/t17-,18+,20?,21+,22+,23-,24+,27-,28-,29+,30-/m1/s1. The smallest absolute Gasteiger partial charge is 0.314 e. The number of carboxylic acid groups (broad SMARTS) is 1. The summed E-state index contributed by atoms with van der Waals surface area (Å²) in [7, 11) is 0. The number of aliphatic hydroxyl groups is 2. The maximum atomic E-state index is 13.5. The van der Waals surface area contributed by atoms with Crippen molar-refractivity contribution in [3.8, 4) is 0 Å². The first-order chi connectivity index (χ1) is 15.7. The van der Waals surface area contributed by atoms with Gasteiger partial charge < -0.3 is 15.3 Å². The van der Waals surface area contributed by atoms with Gasteiger partial charge in [-0.25, -0.2) is 0 Å². The maximum absolute atomic E-state index is 13.5. The van der Waals surface area contributed by atoms with E-state index in [1.807, 2.05) is 0 Å². The van der Waals surface area contributed by atoms with Crippen LogP contribution in [0.25, 0.3) is 0 Å². The van der Waals surface area contributed by atoms with Crippen molar-refractivity contribution in [3.63, 3.8) is 0 Å². The molecule has 4 fully saturated rings. The Labute approximate surface area is 206 Å². The molecule has 0 radical (unpaired) electrons. The van der Waals surface area contributed by atoms with Crippen LogP contribution in [0.5, 0.6) is 0 Å². The molecular formula is C30H48O4. The summed E-state index contributed by atoms with van der Waals surface area (Å²) in [5.41, 5.74) is -0.495. The first-order valence-electron chi connectivity index (χ1n) is 14.0. The fourth-order valence-electron chi connectivity index (χ4n) is 10.9. The van der Waals surface area contributed by atoms with Gasteiger partial charge >= 0.3 is 5.97 Å². The minimum Gasteiger partial charge on any atom is -0.481 e. The summed E-state index contributed by atoms with van der Waals surface area (Å²) >= 11 is 0. The zero-order chi connectivity index (χ0) is 25.1. The number of rotatable bonds is 1. The van der Waals surface area contributed by atoms with Gasteiger partial charge in [0.1, 0.15) is 0 Å². The molecule has 0 aromatic rings. The van der Waals surface area contributed by atoms with E-state index in [0.29, 0.717) is 24.2 Å². The van der Waals surface area contributed by atoms with Crippen LogP contribution in [0.15, 0.2) is 11.6 Å². The van der Waals surface area contributed by atoms with E-state index in [4.69, 9.17) is 0 Å². The first-order valence-corrected chi connectivity index (χ1v) is 14.0. The van der Waals surface area contributed by atoms with E-state index in [9.17, 15) is 20.1 Å². The van der Waals surface area contributed by atoms with Gasteiger partial charge in [0.2, 0.25) is 0 Å². The third kappa shape index (κ3) is 2.71. The monoisotopic (exact) mass is 472 g/mol. The van der Waals surface area contributed by atoms with Crippen molar-refractivity contribution >= 4 is 5.97 Å². The van der Waals surface area contributed by atoms with E-state index in [1.54, 1.807) is 0 Å². The Morgan fingerprint density at radius 1 is 0.912 bits per heavy atom. The molecule has 5 aliphatic rings. The van der Waals surface area contributed by atoms with E-state index in [2.05, 4.69) is 54.5 Å². The van der Waals surface area contributed by atoms with E-state index < -0.39 is 34.4 Å². The van der Waals surface area contributed by atoms with Crippen molar-refractivity contribution in [1.82, 2.24) is 0 Å². The van der Waals surface area contributed by atoms with E-state index in [-0.39, 0.29) is 22.7 Å². The Bertz CT molecular complexity index is 907. The molecule has 0 spiro atoms. The molecule has 0 saturated heterocycles. The second kappa shape index (κ2) is 7.34. The van der Waals surface area contributed by atoms with Gasteiger partial charge in [-0.3, -0.25) is 4.79 Å². The molecule has 4 nitrogen and oxygen atoms in total. The van der Waals surface area contributed by atoms with Crippen LogP contribution in [0.2, 0.25) is 0 Å². The number of allylic oxidation sites excluding steroid dienone is 1. The normalized spacial score (nSPS) is 56.3. The molecule has 0 aromatic heterocycles. The van der Waals surface area contributed by atoms with Crippen LogP contribution in [0.1, 0.15) is 99.8 Å². The van der Waals surface area contributed by atoms with Crippen LogP contribution in [0.4, 0.5) is 0 Å². The van der Waals surface area contributed by atoms with Gasteiger partial charge in [0.25, 0.3) is 0 Å². The Balaban J connectivity index is 1.68. The largest absolute Gasteiger partial charge is 0.481 e. The lowest BCUT2D eigenvalue weighted by Gasteiger charge is -2.71. The van der Waals surface area contributed by atoms with E-state index in [0.717, 1.165) is 32.1 Å². The molecule has 4 saturated carbocycles. The Hall–Kier alpha value is -0.870. The third-order valence-corrected chi connectivity index (χ3v) is 13.3. The zero-order valence-corrected chi connectivity index (χ0v) is 22.5. The Morgan fingerprint density at radius 2 is 1.59 bits per heavy atom. The lowest BCUT2D eigenvalue weighted by Crippen LogP contribution is -2.69. The summed E-state index contributed by atoms with van der Waals surface area (Å²) in [6.45, 7) is 16.0. The summed E-state index contributed by atoms with van der Waals surface area (Å²) in [5.74, 6) is 1.08. The van der Waals surface area contributed by atoms with Gasteiger partial charge in [0.15, 0.2) is 0 Å². The molecular weight excluding hydrogens is 424 g/mol. The number of hydrogen-bond donors (Lipinski definition) is 3. The number of fused-ring (bicyclic) bond motifs is 7. The van der Waals surface area contributed by atoms with Gasteiger partial charge in [-0.05, 0) is 90.8 Å². The van der Waals surface area contributed by atoms with Gasteiger partial charge in [0.05, 0.1) is 17.6 Å². The van der Waals surface area contributed by atoms with Crippen molar-refractivity contribution < 1.29 is 20.1 Å². The quantitative estimate of drug-likeness (QED) is 0.405. The van der Waals surface area contributed by atoms with Crippen LogP contribution < -0.4 is 0 Å². The predicted octanol–water partition coefficient (Wildman–Crippen LogP) is 6.06. The SMILES string of the molecule is C[C@H]1[C@H](C)CC[C@]2(C)CC[C@]3(C(=O)O)C(=CC[C@@H]4[C@]5(C)C(CC[C@]43C)C(C)(C)[C@@H](O)C[C@H]5O)[C@H]12. The van der Waals surface area contributed by atoms with Crippen LogP contribution in [-0.4, -0.2) is 33.5 Å². The van der Waals surface area contributed by atoms with Crippen molar-refractivity contribution in [2.75, 3.05) is 0 Å². The fourth-order valence-corrected chi connectivity index (χ4v) is 10.9. The Morgan fingerprint density at radius 3 is 2.24 bits per heavy atom. The van der Waals surface area contributed by atoms with Crippen molar-refractivity contribution in [2.45, 2.75) is 112 Å². The average molecular weight is 473 g/mol. The minimum atomic E-state index is -0.848. The summed E-state index contributed by atoms with van der Waals surface area (Å²) in [5, 5.41) is 33.5. The highest BCUT2D eigenvalue weighted by Crippen LogP contribution is 2.75. The van der Waals surface area contributed by atoms with Crippen LogP contribution >= 0.6 is 0 Å². The minimum absolute atomic E-state index is 0.0982. The summed E-state index contributed by atoms with van der Waals surface area (Å²) < 4.78 is 0. The molecule has 0 bridgehead atoms. The average Bonchev–Trinajstić information content (AvgIpc) is 2.74. The number of aliphatic carboxylic acids is 1.